The molecule has 1 aliphatic rings. The molecule has 0 radical (unpaired) electrons. The van der Waals surface area contributed by atoms with E-state index in [1.54, 1.807) is 31.8 Å². The molecule has 1 N–H and O–H groups in total. The number of hydrogen-bond donors (Lipinski definition) is 1. The van der Waals surface area contributed by atoms with Crippen molar-refractivity contribution >= 4 is 22.2 Å². The van der Waals surface area contributed by atoms with E-state index in [4.69, 9.17) is 14.0 Å². The van der Waals surface area contributed by atoms with Gasteiger partial charge in [0.15, 0.2) is 5.82 Å². The average molecular weight is 452 g/mol. The Bertz CT molecular complexity index is 1310. The molecule has 4 heterocycles. The molecule has 10 heteroatoms. The Morgan fingerprint density at radius 3 is 2.94 bits per heavy atom. The smallest absolute Gasteiger partial charge is 0.274 e. The SMILES string of the molecule is COc1ccccc1-c1cc(C(=O)Nc2sc3c(c2-c2nc(C)no2)CCOC3)n(C)n1. The van der Waals surface area contributed by atoms with Crippen LogP contribution < -0.4 is 10.1 Å². The van der Waals surface area contributed by atoms with Crippen LogP contribution >= 0.6 is 11.3 Å². The third-order valence-corrected chi connectivity index (χ3v) is 6.41. The molecular formula is C22H21N5O4S. The molecule has 0 bridgehead atoms. The summed E-state index contributed by atoms with van der Waals surface area (Å²) in [7, 11) is 3.35. The summed E-state index contributed by atoms with van der Waals surface area (Å²) < 4.78 is 18.0. The quantitative estimate of drug-likeness (QED) is 0.492. The Labute approximate surface area is 188 Å². The molecule has 0 fully saturated rings. The summed E-state index contributed by atoms with van der Waals surface area (Å²) >= 11 is 1.47. The van der Waals surface area contributed by atoms with Gasteiger partial charge in [-0.2, -0.15) is 10.1 Å². The highest BCUT2D eigenvalue weighted by molar-refractivity contribution is 7.17. The van der Waals surface area contributed by atoms with Crippen LogP contribution in [0.2, 0.25) is 0 Å². The first kappa shape index (κ1) is 20.4. The third kappa shape index (κ3) is 3.57. The topological polar surface area (TPSA) is 104 Å². The van der Waals surface area contributed by atoms with Crippen molar-refractivity contribution in [2.24, 2.45) is 7.05 Å². The van der Waals surface area contributed by atoms with Crippen molar-refractivity contribution in [3.05, 3.63) is 52.3 Å². The highest BCUT2D eigenvalue weighted by Crippen LogP contribution is 2.42. The number of para-hydroxylation sites is 1. The minimum Gasteiger partial charge on any atom is -0.496 e. The second kappa shape index (κ2) is 8.21. The molecule has 0 saturated carbocycles. The average Bonchev–Trinajstić information content (AvgIpc) is 3.49. The van der Waals surface area contributed by atoms with Crippen LogP contribution in [0.5, 0.6) is 5.75 Å². The van der Waals surface area contributed by atoms with Gasteiger partial charge in [-0.1, -0.05) is 17.3 Å². The number of hydrogen-bond acceptors (Lipinski definition) is 8. The molecule has 1 amide bonds. The number of aryl methyl sites for hydroxylation is 2. The molecule has 0 unspecified atom stereocenters. The van der Waals surface area contributed by atoms with Gasteiger partial charge in [0.25, 0.3) is 11.8 Å². The zero-order valence-corrected chi connectivity index (χ0v) is 18.7. The highest BCUT2D eigenvalue weighted by Gasteiger charge is 2.27. The van der Waals surface area contributed by atoms with Crippen molar-refractivity contribution in [2.75, 3.05) is 19.0 Å². The Morgan fingerprint density at radius 1 is 1.31 bits per heavy atom. The first-order valence-electron chi connectivity index (χ1n) is 10.1. The van der Waals surface area contributed by atoms with Crippen LogP contribution in [-0.2, 0) is 24.8 Å². The summed E-state index contributed by atoms with van der Waals surface area (Å²) in [5, 5.41) is 12.1. The fourth-order valence-corrected chi connectivity index (χ4v) is 4.95. The first-order valence-corrected chi connectivity index (χ1v) is 10.9. The van der Waals surface area contributed by atoms with Crippen LogP contribution in [0.15, 0.2) is 34.9 Å². The zero-order chi connectivity index (χ0) is 22.2. The number of rotatable bonds is 5. The van der Waals surface area contributed by atoms with Gasteiger partial charge in [-0.25, -0.2) is 0 Å². The molecule has 1 aromatic carbocycles. The lowest BCUT2D eigenvalue weighted by Gasteiger charge is -2.12. The van der Waals surface area contributed by atoms with Gasteiger partial charge in [-0.3, -0.25) is 9.48 Å². The minimum atomic E-state index is -0.279. The number of nitrogens with one attached hydrogen (secondary N) is 1. The number of carbonyl (C=O) groups is 1. The number of fused-ring (bicyclic) bond motifs is 1. The maximum atomic E-state index is 13.2. The monoisotopic (exact) mass is 451 g/mol. The summed E-state index contributed by atoms with van der Waals surface area (Å²) in [4.78, 5) is 18.7. The molecule has 0 spiro atoms. The van der Waals surface area contributed by atoms with Gasteiger partial charge in [-0.05, 0) is 37.1 Å². The molecule has 0 aliphatic carbocycles. The molecule has 4 aromatic rings. The number of amides is 1. The van der Waals surface area contributed by atoms with Crippen molar-refractivity contribution in [3.63, 3.8) is 0 Å². The van der Waals surface area contributed by atoms with Gasteiger partial charge in [-0.15, -0.1) is 11.3 Å². The lowest BCUT2D eigenvalue weighted by molar-refractivity contribution is 0.101. The number of nitrogens with zero attached hydrogens (tertiary/aromatic N) is 4. The highest BCUT2D eigenvalue weighted by atomic mass is 32.1. The number of methoxy groups -OCH3 is 1. The van der Waals surface area contributed by atoms with E-state index >= 15 is 0 Å². The number of carbonyl (C=O) groups excluding carboxylic acids is 1. The summed E-state index contributed by atoms with van der Waals surface area (Å²) in [5.41, 5.74) is 3.74. The van der Waals surface area contributed by atoms with Crippen LogP contribution in [0.1, 0.15) is 26.8 Å². The predicted molar refractivity (Wildman–Crippen MR) is 119 cm³/mol. The molecule has 32 heavy (non-hydrogen) atoms. The summed E-state index contributed by atoms with van der Waals surface area (Å²) in [6.45, 7) is 2.88. The Hall–Kier alpha value is -3.50. The molecule has 9 nitrogen and oxygen atoms in total. The lowest BCUT2D eigenvalue weighted by atomic mass is 10.1. The third-order valence-electron chi connectivity index (χ3n) is 5.28. The molecule has 5 rings (SSSR count). The van der Waals surface area contributed by atoms with E-state index < -0.39 is 0 Å². The maximum Gasteiger partial charge on any atom is 0.274 e. The van der Waals surface area contributed by atoms with Crippen molar-refractivity contribution in [1.29, 1.82) is 0 Å². The van der Waals surface area contributed by atoms with Crippen LogP contribution in [0.3, 0.4) is 0 Å². The van der Waals surface area contributed by atoms with Crippen molar-refractivity contribution in [3.8, 4) is 28.5 Å². The van der Waals surface area contributed by atoms with Gasteiger partial charge in [0.05, 0.1) is 31.6 Å². The van der Waals surface area contributed by atoms with Crippen molar-refractivity contribution in [1.82, 2.24) is 19.9 Å². The first-order chi connectivity index (χ1) is 15.5. The summed E-state index contributed by atoms with van der Waals surface area (Å²) in [6, 6.07) is 9.32. The van der Waals surface area contributed by atoms with Gasteiger partial charge in [0.1, 0.15) is 16.4 Å². The standard InChI is InChI=1S/C22H21N5O4S/c1-12-23-21(31-26-12)19-14-8-9-30-11-18(14)32-22(19)24-20(28)16-10-15(25-27(16)2)13-6-4-5-7-17(13)29-3/h4-7,10H,8-9,11H2,1-3H3,(H,24,28). The van der Waals surface area contributed by atoms with Crippen molar-refractivity contribution in [2.45, 2.75) is 20.0 Å². The van der Waals surface area contributed by atoms with E-state index in [1.165, 1.54) is 11.3 Å². The van der Waals surface area contributed by atoms with Gasteiger partial charge < -0.3 is 19.3 Å². The van der Waals surface area contributed by atoms with Crippen LogP contribution in [0, 0.1) is 6.92 Å². The fraction of sp³-hybridized carbons (Fsp3) is 0.273. The van der Waals surface area contributed by atoms with Gasteiger partial charge >= 0.3 is 0 Å². The predicted octanol–water partition coefficient (Wildman–Crippen LogP) is 3.84. The Balaban J connectivity index is 1.50. The van der Waals surface area contributed by atoms with E-state index in [0.29, 0.717) is 47.1 Å². The van der Waals surface area contributed by atoms with E-state index in [1.807, 2.05) is 24.3 Å². The normalized spacial score (nSPS) is 13.1. The zero-order valence-electron chi connectivity index (χ0n) is 17.8. The molecule has 3 aromatic heterocycles. The van der Waals surface area contributed by atoms with E-state index in [9.17, 15) is 4.79 Å². The fourth-order valence-electron chi connectivity index (χ4n) is 3.78. The number of ether oxygens (including phenoxy) is 2. The molecular weight excluding hydrogens is 430 g/mol. The van der Waals surface area contributed by atoms with E-state index in [-0.39, 0.29) is 5.91 Å². The van der Waals surface area contributed by atoms with Crippen LogP contribution in [0.25, 0.3) is 22.7 Å². The Morgan fingerprint density at radius 2 is 2.16 bits per heavy atom. The molecule has 1 aliphatic heterocycles. The van der Waals surface area contributed by atoms with E-state index in [0.717, 1.165) is 28.0 Å². The maximum absolute atomic E-state index is 13.2. The molecule has 164 valence electrons. The minimum absolute atomic E-state index is 0.279. The summed E-state index contributed by atoms with van der Waals surface area (Å²) in [6.07, 6.45) is 0.724. The number of benzene rings is 1. The van der Waals surface area contributed by atoms with Crippen LogP contribution in [-0.4, -0.2) is 39.5 Å². The number of anilines is 1. The van der Waals surface area contributed by atoms with Gasteiger partial charge in [0.2, 0.25) is 0 Å². The van der Waals surface area contributed by atoms with Crippen LogP contribution in [0.4, 0.5) is 5.00 Å². The molecule has 0 saturated heterocycles. The van der Waals surface area contributed by atoms with E-state index in [2.05, 4.69) is 20.6 Å². The largest absolute Gasteiger partial charge is 0.496 e. The second-order valence-corrected chi connectivity index (χ2v) is 8.46. The van der Waals surface area contributed by atoms with Crippen molar-refractivity contribution < 1.29 is 18.8 Å². The molecule has 0 atom stereocenters. The number of thiophene rings is 1. The summed E-state index contributed by atoms with van der Waals surface area (Å²) in [5.74, 6) is 1.35. The second-order valence-electron chi connectivity index (χ2n) is 7.35. The lowest BCUT2D eigenvalue weighted by Crippen LogP contribution is -2.16. The Kier molecular flexibility index (Phi) is 5.24. The van der Waals surface area contributed by atoms with Gasteiger partial charge in [0, 0.05) is 17.5 Å². The number of aromatic nitrogens is 4.